The summed E-state index contributed by atoms with van der Waals surface area (Å²) in [6, 6.07) is 8.14. The first-order chi connectivity index (χ1) is 8.74. The Bertz CT molecular complexity index is 549. The van der Waals surface area contributed by atoms with Gasteiger partial charge in [-0.05, 0) is 18.1 Å². The molecule has 0 aliphatic carbocycles. The summed E-state index contributed by atoms with van der Waals surface area (Å²) in [6.45, 7) is 0.674. The fourth-order valence-corrected chi connectivity index (χ4v) is 2.47. The van der Waals surface area contributed by atoms with Crippen LogP contribution < -0.4 is 10.5 Å². The summed E-state index contributed by atoms with van der Waals surface area (Å²) < 4.78 is 7.56. The summed E-state index contributed by atoms with van der Waals surface area (Å²) in [7, 11) is 1.91. The predicted octanol–water partition coefficient (Wildman–Crippen LogP) is 1.67. The molecule has 4 heteroatoms. The fraction of sp³-hybridized carbons (Fsp3) is 0.357. The smallest absolute Gasteiger partial charge is 0.122 e. The number of nitrogens with two attached hydrogens (primary N) is 1. The third-order valence-electron chi connectivity index (χ3n) is 3.53. The van der Waals surface area contributed by atoms with E-state index in [1.54, 1.807) is 4.68 Å². The summed E-state index contributed by atoms with van der Waals surface area (Å²) in [6.07, 6.45) is 4.78. The van der Waals surface area contributed by atoms with Crippen molar-refractivity contribution >= 4 is 0 Å². The van der Waals surface area contributed by atoms with Crippen LogP contribution in [0.4, 0.5) is 0 Å². The molecule has 2 atom stereocenters. The van der Waals surface area contributed by atoms with Gasteiger partial charge >= 0.3 is 0 Å². The van der Waals surface area contributed by atoms with Gasteiger partial charge in [0.05, 0.1) is 12.8 Å². The highest BCUT2D eigenvalue weighted by molar-refractivity contribution is 5.35. The van der Waals surface area contributed by atoms with Crippen LogP contribution in [0.1, 0.15) is 17.2 Å². The van der Waals surface area contributed by atoms with Gasteiger partial charge in [-0.2, -0.15) is 5.10 Å². The van der Waals surface area contributed by atoms with Crippen molar-refractivity contribution in [3.05, 3.63) is 47.8 Å². The van der Waals surface area contributed by atoms with E-state index in [1.165, 1.54) is 5.56 Å². The molecule has 0 spiro atoms. The molecule has 1 aromatic heterocycles. The summed E-state index contributed by atoms with van der Waals surface area (Å²) >= 11 is 0. The molecule has 0 bridgehead atoms. The zero-order valence-corrected chi connectivity index (χ0v) is 10.4. The van der Waals surface area contributed by atoms with Gasteiger partial charge in [-0.3, -0.25) is 4.68 Å². The molecule has 18 heavy (non-hydrogen) atoms. The summed E-state index contributed by atoms with van der Waals surface area (Å²) in [5, 5.41) is 4.17. The summed E-state index contributed by atoms with van der Waals surface area (Å²) in [5.74, 6) is 1.30. The van der Waals surface area contributed by atoms with Crippen LogP contribution in [0.2, 0.25) is 0 Å². The Morgan fingerprint density at radius 1 is 1.44 bits per heavy atom. The molecule has 94 valence electrons. The van der Waals surface area contributed by atoms with Gasteiger partial charge in [-0.15, -0.1) is 0 Å². The van der Waals surface area contributed by atoms with Crippen molar-refractivity contribution in [1.82, 2.24) is 9.78 Å². The monoisotopic (exact) mass is 243 g/mol. The molecule has 2 heterocycles. The lowest BCUT2D eigenvalue weighted by Crippen LogP contribution is -2.31. The van der Waals surface area contributed by atoms with Crippen molar-refractivity contribution in [2.75, 3.05) is 6.61 Å². The van der Waals surface area contributed by atoms with E-state index in [1.807, 2.05) is 37.6 Å². The second kappa shape index (κ2) is 4.46. The van der Waals surface area contributed by atoms with Crippen LogP contribution in [-0.2, 0) is 13.5 Å². The molecule has 0 saturated heterocycles. The Morgan fingerprint density at radius 2 is 2.28 bits per heavy atom. The number of nitrogens with zero attached hydrogens (tertiary/aromatic N) is 2. The van der Waals surface area contributed by atoms with Crippen molar-refractivity contribution in [2.24, 2.45) is 18.7 Å². The van der Waals surface area contributed by atoms with Crippen LogP contribution in [0, 0.1) is 5.92 Å². The Kier molecular flexibility index (Phi) is 2.80. The zero-order chi connectivity index (χ0) is 12.5. The molecule has 0 saturated carbocycles. The van der Waals surface area contributed by atoms with E-state index in [9.17, 15) is 0 Å². The van der Waals surface area contributed by atoms with Crippen molar-refractivity contribution in [3.63, 3.8) is 0 Å². The second-order valence-electron chi connectivity index (χ2n) is 4.86. The average Bonchev–Trinajstić information content (AvgIpc) is 2.84. The number of aryl methyl sites for hydroxylation is 1. The standard InChI is InChI=1S/C14H17N3O/c1-17-8-12(7-16-17)14(15)11-6-10-4-2-3-5-13(10)18-9-11/h2-5,7-8,11,14H,6,9,15H2,1H3. The Hall–Kier alpha value is -1.81. The largest absolute Gasteiger partial charge is 0.493 e. The van der Waals surface area contributed by atoms with Crippen LogP contribution in [0.25, 0.3) is 0 Å². The highest BCUT2D eigenvalue weighted by Gasteiger charge is 2.26. The highest BCUT2D eigenvalue weighted by atomic mass is 16.5. The second-order valence-corrected chi connectivity index (χ2v) is 4.86. The fourth-order valence-electron chi connectivity index (χ4n) is 2.47. The first kappa shape index (κ1) is 11.3. The van der Waals surface area contributed by atoms with Crippen molar-refractivity contribution in [2.45, 2.75) is 12.5 Å². The maximum Gasteiger partial charge on any atom is 0.122 e. The number of hydrogen-bond acceptors (Lipinski definition) is 3. The molecule has 2 N–H and O–H groups in total. The molecule has 1 aliphatic heterocycles. The molecule has 3 rings (SSSR count). The number of para-hydroxylation sites is 1. The Labute approximate surface area is 106 Å². The lowest BCUT2D eigenvalue weighted by atomic mass is 9.88. The summed E-state index contributed by atoms with van der Waals surface area (Å²) in [4.78, 5) is 0. The van der Waals surface area contributed by atoms with Crippen LogP contribution in [0.3, 0.4) is 0 Å². The van der Waals surface area contributed by atoms with Crippen molar-refractivity contribution in [3.8, 4) is 5.75 Å². The van der Waals surface area contributed by atoms with Crippen molar-refractivity contribution in [1.29, 1.82) is 0 Å². The number of hydrogen-bond donors (Lipinski definition) is 1. The third-order valence-corrected chi connectivity index (χ3v) is 3.53. The highest BCUT2D eigenvalue weighted by Crippen LogP contribution is 2.32. The van der Waals surface area contributed by atoms with E-state index in [0.29, 0.717) is 12.5 Å². The molecular weight excluding hydrogens is 226 g/mol. The molecule has 0 radical (unpaired) electrons. The lowest BCUT2D eigenvalue weighted by Gasteiger charge is -2.29. The number of fused-ring (bicyclic) bond motifs is 1. The van der Waals surface area contributed by atoms with Crippen LogP contribution in [0.15, 0.2) is 36.7 Å². The molecule has 0 fully saturated rings. The first-order valence-electron chi connectivity index (χ1n) is 6.19. The molecule has 4 nitrogen and oxygen atoms in total. The van der Waals surface area contributed by atoms with Crippen molar-refractivity contribution < 1.29 is 4.74 Å². The summed E-state index contributed by atoms with van der Waals surface area (Å²) in [5.41, 5.74) is 8.62. The van der Waals surface area contributed by atoms with Gasteiger partial charge < -0.3 is 10.5 Å². The third kappa shape index (κ3) is 1.99. The normalized spacial score (nSPS) is 20.0. The van der Waals surface area contributed by atoms with Crippen LogP contribution in [0.5, 0.6) is 5.75 Å². The van der Waals surface area contributed by atoms with Gasteiger partial charge in [0.1, 0.15) is 5.75 Å². The lowest BCUT2D eigenvalue weighted by molar-refractivity contribution is 0.200. The van der Waals surface area contributed by atoms with Crippen LogP contribution in [-0.4, -0.2) is 16.4 Å². The minimum absolute atomic E-state index is 0.0212. The predicted molar refractivity (Wildman–Crippen MR) is 69.3 cm³/mol. The van der Waals surface area contributed by atoms with Gasteiger partial charge in [0.2, 0.25) is 0 Å². The van der Waals surface area contributed by atoms with Gasteiger partial charge in [0.15, 0.2) is 0 Å². The first-order valence-corrected chi connectivity index (χ1v) is 6.19. The number of ether oxygens (including phenoxy) is 1. The zero-order valence-electron chi connectivity index (χ0n) is 10.4. The SMILES string of the molecule is Cn1cc(C(N)C2COc3ccccc3C2)cn1. The van der Waals surface area contributed by atoms with E-state index < -0.39 is 0 Å². The molecule has 2 unspecified atom stereocenters. The van der Waals surface area contributed by atoms with E-state index in [0.717, 1.165) is 17.7 Å². The van der Waals surface area contributed by atoms with Gasteiger partial charge in [-0.25, -0.2) is 0 Å². The van der Waals surface area contributed by atoms with Gasteiger partial charge in [0.25, 0.3) is 0 Å². The minimum atomic E-state index is -0.0212. The number of rotatable bonds is 2. The molecule has 0 amide bonds. The average molecular weight is 243 g/mol. The molecule has 1 aromatic carbocycles. The van der Waals surface area contributed by atoms with E-state index in [4.69, 9.17) is 10.5 Å². The maximum absolute atomic E-state index is 6.31. The van der Waals surface area contributed by atoms with E-state index >= 15 is 0 Å². The topological polar surface area (TPSA) is 53.1 Å². The molecule has 1 aliphatic rings. The number of aromatic nitrogens is 2. The Balaban J connectivity index is 1.79. The van der Waals surface area contributed by atoms with Crippen LogP contribution >= 0.6 is 0 Å². The van der Waals surface area contributed by atoms with E-state index in [-0.39, 0.29) is 6.04 Å². The molecular formula is C14H17N3O. The van der Waals surface area contributed by atoms with Gasteiger partial charge in [-0.1, -0.05) is 18.2 Å². The van der Waals surface area contributed by atoms with E-state index in [2.05, 4.69) is 11.2 Å². The van der Waals surface area contributed by atoms with Gasteiger partial charge in [0, 0.05) is 30.8 Å². The quantitative estimate of drug-likeness (QED) is 0.873. The maximum atomic E-state index is 6.31. The minimum Gasteiger partial charge on any atom is -0.493 e. The molecule has 2 aromatic rings. The Morgan fingerprint density at radius 3 is 3.06 bits per heavy atom. The number of benzene rings is 1.